The van der Waals surface area contributed by atoms with Crippen LogP contribution in [0.3, 0.4) is 0 Å². The molecule has 2 aromatic heterocycles. The fourth-order valence-electron chi connectivity index (χ4n) is 1.35. The van der Waals surface area contributed by atoms with Crippen LogP contribution in [0.4, 0.5) is 0 Å². The summed E-state index contributed by atoms with van der Waals surface area (Å²) < 4.78 is 6.02. The second kappa shape index (κ2) is 5.63. The normalized spacial score (nSPS) is 10.2. The molecule has 0 saturated carbocycles. The zero-order valence-corrected chi connectivity index (χ0v) is 10.6. The number of halogens is 1. The standard InChI is InChI=1S/C12H11BrN2O2/c13-9-3-4-11(15-8-9)12(16)14-6-5-10-2-1-7-17-10/h1-4,7-8H,5-6H2,(H,14,16). The van der Waals surface area contributed by atoms with Gasteiger partial charge >= 0.3 is 0 Å². The zero-order valence-electron chi connectivity index (χ0n) is 9.02. The molecule has 4 nitrogen and oxygen atoms in total. The Morgan fingerprint density at radius 1 is 1.41 bits per heavy atom. The van der Waals surface area contributed by atoms with Gasteiger partial charge in [-0.3, -0.25) is 4.79 Å². The molecule has 0 spiro atoms. The van der Waals surface area contributed by atoms with Crippen LogP contribution in [-0.4, -0.2) is 17.4 Å². The summed E-state index contributed by atoms with van der Waals surface area (Å²) in [5.41, 5.74) is 0.410. The van der Waals surface area contributed by atoms with Gasteiger partial charge in [0.25, 0.3) is 5.91 Å². The molecule has 0 unspecified atom stereocenters. The summed E-state index contributed by atoms with van der Waals surface area (Å²) in [6.45, 7) is 0.532. The maximum absolute atomic E-state index is 11.7. The molecular formula is C12H11BrN2O2. The van der Waals surface area contributed by atoms with E-state index in [2.05, 4.69) is 26.2 Å². The smallest absolute Gasteiger partial charge is 0.269 e. The first kappa shape index (κ1) is 11.9. The third-order valence-corrected chi connectivity index (χ3v) is 2.67. The van der Waals surface area contributed by atoms with Gasteiger partial charge in [-0.05, 0) is 40.2 Å². The molecule has 0 radical (unpaired) electrons. The SMILES string of the molecule is O=C(NCCc1ccco1)c1ccc(Br)cn1. The predicted molar refractivity (Wildman–Crippen MR) is 66.7 cm³/mol. The van der Waals surface area contributed by atoms with Crippen LogP contribution in [0.15, 0.2) is 45.6 Å². The van der Waals surface area contributed by atoms with Crippen LogP contribution in [0.1, 0.15) is 16.2 Å². The van der Waals surface area contributed by atoms with Crippen molar-refractivity contribution in [3.05, 3.63) is 52.7 Å². The van der Waals surface area contributed by atoms with Crippen molar-refractivity contribution in [2.24, 2.45) is 0 Å². The van der Waals surface area contributed by atoms with E-state index in [4.69, 9.17) is 4.42 Å². The number of pyridine rings is 1. The van der Waals surface area contributed by atoms with Gasteiger partial charge in [0.05, 0.1) is 6.26 Å². The van der Waals surface area contributed by atoms with Crippen LogP contribution in [0.25, 0.3) is 0 Å². The van der Waals surface area contributed by atoms with Crippen LogP contribution >= 0.6 is 15.9 Å². The van der Waals surface area contributed by atoms with E-state index in [0.29, 0.717) is 18.7 Å². The summed E-state index contributed by atoms with van der Waals surface area (Å²) in [5.74, 6) is 0.679. The average Bonchev–Trinajstić information content (AvgIpc) is 2.83. The Labute approximate surface area is 107 Å². The second-order valence-corrected chi connectivity index (χ2v) is 4.36. The summed E-state index contributed by atoms with van der Waals surface area (Å²) >= 11 is 3.27. The van der Waals surface area contributed by atoms with E-state index in [1.807, 2.05) is 12.1 Å². The first-order chi connectivity index (χ1) is 8.25. The van der Waals surface area contributed by atoms with E-state index in [9.17, 15) is 4.79 Å². The van der Waals surface area contributed by atoms with Crippen molar-refractivity contribution in [2.45, 2.75) is 6.42 Å². The minimum absolute atomic E-state index is 0.177. The summed E-state index contributed by atoms with van der Waals surface area (Å²) in [6.07, 6.45) is 3.89. The van der Waals surface area contributed by atoms with Crippen LogP contribution in [0.5, 0.6) is 0 Å². The van der Waals surface area contributed by atoms with Crippen LogP contribution in [0.2, 0.25) is 0 Å². The molecule has 0 aliphatic rings. The fourth-order valence-corrected chi connectivity index (χ4v) is 1.59. The topological polar surface area (TPSA) is 55.1 Å². The molecule has 5 heteroatoms. The molecule has 1 N–H and O–H groups in total. The Morgan fingerprint density at radius 2 is 2.29 bits per heavy atom. The number of furan rings is 1. The molecule has 0 saturated heterocycles. The lowest BCUT2D eigenvalue weighted by Crippen LogP contribution is -2.26. The number of nitrogens with zero attached hydrogens (tertiary/aromatic N) is 1. The van der Waals surface area contributed by atoms with E-state index in [1.54, 1.807) is 24.6 Å². The quantitative estimate of drug-likeness (QED) is 0.942. The molecule has 0 aliphatic carbocycles. The number of aromatic nitrogens is 1. The minimum Gasteiger partial charge on any atom is -0.469 e. The van der Waals surface area contributed by atoms with E-state index in [0.717, 1.165) is 10.2 Å². The van der Waals surface area contributed by atoms with E-state index >= 15 is 0 Å². The number of hydrogen-bond donors (Lipinski definition) is 1. The van der Waals surface area contributed by atoms with Crippen molar-refractivity contribution in [3.8, 4) is 0 Å². The molecule has 2 heterocycles. The summed E-state index contributed by atoms with van der Waals surface area (Å²) in [7, 11) is 0. The lowest BCUT2D eigenvalue weighted by atomic mass is 10.3. The minimum atomic E-state index is -0.177. The van der Waals surface area contributed by atoms with Crippen molar-refractivity contribution in [1.29, 1.82) is 0 Å². The third kappa shape index (κ3) is 3.42. The van der Waals surface area contributed by atoms with Crippen LogP contribution < -0.4 is 5.32 Å². The van der Waals surface area contributed by atoms with E-state index in [-0.39, 0.29) is 5.91 Å². The Bertz CT molecular complexity index is 480. The average molecular weight is 295 g/mol. The molecule has 0 aromatic carbocycles. The van der Waals surface area contributed by atoms with Crippen molar-refractivity contribution in [3.63, 3.8) is 0 Å². The van der Waals surface area contributed by atoms with Gasteiger partial charge in [0.15, 0.2) is 0 Å². The number of rotatable bonds is 4. The highest BCUT2D eigenvalue weighted by molar-refractivity contribution is 9.10. The number of nitrogens with one attached hydrogen (secondary N) is 1. The van der Waals surface area contributed by atoms with Crippen molar-refractivity contribution >= 4 is 21.8 Å². The number of carbonyl (C=O) groups is 1. The Balaban J connectivity index is 1.83. The molecule has 0 fully saturated rings. The highest BCUT2D eigenvalue weighted by Crippen LogP contribution is 2.07. The maximum atomic E-state index is 11.7. The molecule has 1 amide bonds. The van der Waals surface area contributed by atoms with Crippen molar-refractivity contribution in [2.75, 3.05) is 6.54 Å². The second-order valence-electron chi connectivity index (χ2n) is 3.45. The first-order valence-electron chi connectivity index (χ1n) is 5.18. The largest absolute Gasteiger partial charge is 0.469 e. The summed E-state index contributed by atoms with van der Waals surface area (Å²) in [4.78, 5) is 15.7. The molecule has 0 bridgehead atoms. The Kier molecular flexibility index (Phi) is 3.93. The Morgan fingerprint density at radius 3 is 2.94 bits per heavy atom. The van der Waals surface area contributed by atoms with Crippen LogP contribution in [-0.2, 0) is 6.42 Å². The van der Waals surface area contributed by atoms with E-state index < -0.39 is 0 Å². The van der Waals surface area contributed by atoms with E-state index in [1.165, 1.54) is 0 Å². The number of amides is 1. The van der Waals surface area contributed by atoms with Gasteiger partial charge in [-0.1, -0.05) is 0 Å². The fraction of sp³-hybridized carbons (Fsp3) is 0.167. The molecular weight excluding hydrogens is 284 g/mol. The van der Waals surface area contributed by atoms with Gasteiger partial charge in [0.2, 0.25) is 0 Å². The molecule has 2 aromatic rings. The maximum Gasteiger partial charge on any atom is 0.269 e. The lowest BCUT2D eigenvalue weighted by molar-refractivity contribution is 0.0948. The lowest BCUT2D eigenvalue weighted by Gasteiger charge is -2.03. The highest BCUT2D eigenvalue weighted by atomic mass is 79.9. The first-order valence-corrected chi connectivity index (χ1v) is 5.97. The Hall–Kier alpha value is -1.62. The van der Waals surface area contributed by atoms with Gasteiger partial charge in [0.1, 0.15) is 11.5 Å². The predicted octanol–water partition coefficient (Wildman–Crippen LogP) is 2.41. The van der Waals surface area contributed by atoms with Gasteiger partial charge < -0.3 is 9.73 Å². The monoisotopic (exact) mass is 294 g/mol. The summed E-state index contributed by atoms with van der Waals surface area (Å²) in [5, 5.41) is 2.78. The molecule has 2 rings (SSSR count). The van der Waals surface area contributed by atoms with Gasteiger partial charge in [0, 0.05) is 23.6 Å². The molecule has 0 atom stereocenters. The third-order valence-electron chi connectivity index (χ3n) is 2.20. The summed E-state index contributed by atoms with van der Waals surface area (Å²) in [6, 6.07) is 7.16. The molecule has 17 heavy (non-hydrogen) atoms. The van der Waals surface area contributed by atoms with Crippen molar-refractivity contribution in [1.82, 2.24) is 10.3 Å². The van der Waals surface area contributed by atoms with Crippen molar-refractivity contribution < 1.29 is 9.21 Å². The van der Waals surface area contributed by atoms with Gasteiger partial charge in [-0.2, -0.15) is 0 Å². The highest BCUT2D eigenvalue weighted by Gasteiger charge is 2.06. The van der Waals surface area contributed by atoms with Gasteiger partial charge in [-0.25, -0.2) is 4.98 Å². The molecule has 88 valence electrons. The zero-order chi connectivity index (χ0) is 12.1. The van der Waals surface area contributed by atoms with Gasteiger partial charge in [-0.15, -0.1) is 0 Å². The van der Waals surface area contributed by atoms with Crippen LogP contribution in [0, 0.1) is 0 Å². The number of carbonyl (C=O) groups excluding carboxylic acids is 1. The number of hydrogen-bond acceptors (Lipinski definition) is 3. The molecule has 0 aliphatic heterocycles.